The highest BCUT2D eigenvalue weighted by Crippen LogP contribution is 2.15. The molecule has 0 N–H and O–H groups in total. The first-order chi connectivity index (χ1) is 12.6. The second-order valence-electron chi connectivity index (χ2n) is 6.27. The van der Waals surface area contributed by atoms with Gasteiger partial charge in [0.1, 0.15) is 0 Å². The summed E-state index contributed by atoms with van der Waals surface area (Å²) >= 11 is 0. The van der Waals surface area contributed by atoms with Crippen LogP contribution in [0.1, 0.15) is 38.8 Å². The monoisotopic (exact) mass is 343 g/mol. The standard InChI is InChI=1S/C23H21NO2/c1-18(25)21-12-14-22(15-13-21)23(26)24(16-19-8-4-2-5-9-19)17-20-10-6-3-7-11-20/h2-15H,16-17H2,1H3. The van der Waals surface area contributed by atoms with Crippen molar-refractivity contribution in [1.29, 1.82) is 0 Å². The van der Waals surface area contributed by atoms with Crippen molar-refractivity contribution in [1.82, 2.24) is 4.90 Å². The molecule has 3 aromatic rings. The Morgan fingerprint density at radius 3 is 1.50 bits per heavy atom. The van der Waals surface area contributed by atoms with Gasteiger partial charge in [-0.05, 0) is 30.2 Å². The van der Waals surface area contributed by atoms with Crippen LogP contribution >= 0.6 is 0 Å². The molecule has 3 rings (SSSR count). The summed E-state index contributed by atoms with van der Waals surface area (Å²) in [6, 6.07) is 26.8. The number of carbonyl (C=O) groups is 2. The first-order valence-electron chi connectivity index (χ1n) is 8.61. The summed E-state index contributed by atoms with van der Waals surface area (Å²) in [6.07, 6.45) is 0. The number of nitrogens with zero attached hydrogens (tertiary/aromatic N) is 1. The largest absolute Gasteiger partial charge is 0.330 e. The number of carbonyl (C=O) groups excluding carboxylic acids is 2. The van der Waals surface area contributed by atoms with E-state index in [4.69, 9.17) is 0 Å². The Hall–Kier alpha value is -3.20. The highest BCUT2D eigenvalue weighted by Gasteiger charge is 2.17. The van der Waals surface area contributed by atoms with Crippen LogP contribution < -0.4 is 0 Å². The van der Waals surface area contributed by atoms with Crippen molar-refractivity contribution in [2.75, 3.05) is 0 Å². The first-order valence-corrected chi connectivity index (χ1v) is 8.61. The van der Waals surface area contributed by atoms with E-state index in [0.717, 1.165) is 11.1 Å². The van der Waals surface area contributed by atoms with E-state index in [1.165, 1.54) is 6.92 Å². The van der Waals surface area contributed by atoms with E-state index in [1.54, 1.807) is 24.3 Å². The van der Waals surface area contributed by atoms with Gasteiger partial charge in [-0.1, -0.05) is 72.8 Å². The summed E-state index contributed by atoms with van der Waals surface area (Å²) in [5.74, 6) is -0.0535. The van der Waals surface area contributed by atoms with Crippen LogP contribution in [0.5, 0.6) is 0 Å². The van der Waals surface area contributed by atoms with Crippen LogP contribution in [0.15, 0.2) is 84.9 Å². The lowest BCUT2D eigenvalue weighted by Crippen LogP contribution is -2.30. The average Bonchev–Trinajstić information content (AvgIpc) is 2.68. The van der Waals surface area contributed by atoms with Crippen LogP contribution in [-0.2, 0) is 13.1 Å². The Labute approximate surface area is 153 Å². The van der Waals surface area contributed by atoms with Gasteiger partial charge in [0.2, 0.25) is 0 Å². The molecule has 26 heavy (non-hydrogen) atoms. The predicted molar refractivity (Wildman–Crippen MR) is 103 cm³/mol. The molecule has 0 saturated heterocycles. The molecule has 0 unspecified atom stereocenters. The Balaban J connectivity index is 1.85. The normalized spacial score (nSPS) is 10.3. The van der Waals surface area contributed by atoms with Gasteiger partial charge in [0.25, 0.3) is 5.91 Å². The minimum absolute atomic E-state index is 0.00516. The highest BCUT2D eigenvalue weighted by atomic mass is 16.2. The summed E-state index contributed by atoms with van der Waals surface area (Å²) in [4.78, 5) is 26.3. The van der Waals surface area contributed by atoms with Crippen molar-refractivity contribution in [2.45, 2.75) is 20.0 Å². The molecule has 0 radical (unpaired) electrons. The van der Waals surface area contributed by atoms with Crippen molar-refractivity contribution < 1.29 is 9.59 Å². The third kappa shape index (κ3) is 4.45. The third-order valence-corrected chi connectivity index (χ3v) is 4.26. The second kappa shape index (κ2) is 8.26. The van der Waals surface area contributed by atoms with E-state index in [1.807, 2.05) is 65.6 Å². The van der Waals surface area contributed by atoms with Crippen molar-refractivity contribution in [3.63, 3.8) is 0 Å². The molecule has 0 spiro atoms. The lowest BCUT2D eigenvalue weighted by Gasteiger charge is -2.23. The maximum atomic E-state index is 13.1. The topological polar surface area (TPSA) is 37.4 Å². The molecular formula is C23H21NO2. The fourth-order valence-corrected chi connectivity index (χ4v) is 2.84. The molecule has 0 aromatic heterocycles. The van der Waals surface area contributed by atoms with E-state index in [0.29, 0.717) is 24.2 Å². The fraction of sp³-hybridized carbons (Fsp3) is 0.130. The molecule has 3 aromatic carbocycles. The molecule has 0 heterocycles. The quantitative estimate of drug-likeness (QED) is 0.607. The smallest absolute Gasteiger partial charge is 0.254 e. The van der Waals surface area contributed by atoms with E-state index in [2.05, 4.69) is 0 Å². The molecule has 0 aliphatic rings. The molecule has 0 fully saturated rings. The number of Topliss-reactive ketones (excluding diaryl/α,β-unsaturated/α-hetero) is 1. The number of ketones is 1. The van der Waals surface area contributed by atoms with Crippen LogP contribution in [0, 0.1) is 0 Å². The van der Waals surface area contributed by atoms with Gasteiger partial charge in [-0.2, -0.15) is 0 Å². The maximum absolute atomic E-state index is 13.1. The van der Waals surface area contributed by atoms with Gasteiger partial charge < -0.3 is 4.90 Å². The number of amides is 1. The Bertz CT molecular complexity index is 830. The molecule has 0 bridgehead atoms. The Morgan fingerprint density at radius 2 is 1.08 bits per heavy atom. The highest BCUT2D eigenvalue weighted by molar-refractivity contribution is 5.97. The fourth-order valence-electron chi connectivity index (χ4n) is 2.84. The van der Waals surface area contributed by atoms with Crippen LogP contribution in [0.25, 0.3) is 0 Å². The van der Waals surface area contributed by atoms with Crippen LogP contribution in [-0.4, -0.2) is 16.6 Å². The lowest BCUT2D eigenvalue weighted by molar-refractivity contribution is 0.0729. The van der Waals surface area contributed by atoms with Gasteiger partial charge in [0.05, 0.1) is 0 Å². The van der Waals surface area contributed by atoms with Crippen molar-refractivity contribution in [2.24, 2.45) is 0 Å². The van der Waals surface area contributed by atoms with Gasteiger partial charge >= 0.3 is 0 Å². The average molecular weight is 343 g/mol. The summed E-state index contributed by atoms with van der Waals surface area (Å²) in [5.41, 5.74) is 3.36. The molecular weight excluding hydrogens is 322 g/mol. The SMILES string of the molecule is CC(=O)c1ccc(C(=O)N(Cc2ccccc2)Cc2ccccc2)cc1. The van der Waals surface area contributed by atoms with Gasteiger partial charge in [-0.25, -0.2) is 0 Å². The van der Waals surface area contributed by atoms with Crippen LogP contribution in [0.3, 0.4) is 0 Å². The Morgan fingerprint density at radius 1 is 0.654 bits per heavy atom. The molecule has 0 aliphatic carbocycles. The summed E-state index contributed by atoms with van der Waals surface area (Å²) in [5, 5.41) is 0. The van der Waals surface area contributed by atoms with Crippen LogP contribution in [0.2, 0.25) is 0 Å². The number of hydrogen-bond donors (Lipinski definition) is 0. The van der Waals surface area contributed by atoms with Crippen LogP contribution in [0.4, 0.5) is 0 Å². The summed E-state index contributed by atoms with van der Waals surface area (Å²) in [7, 11) is 0. The summed E-state index contributed by atoms with van der Waals surface area (Å²) < 4.78 is 0. The molecule has 0 atom stereocenters. The number of hydrogen-bond acceptors (Lipinski definition) is 2. The third-order valence-electron chi connectivity index (χ3n) is 4.26. The van der Waals surface area contributed by atoms with Gasteiger partial charge in [0, 0.05) is 24.2 Å². The molecule has 3 heteroatoms. The van der Waals surface area contributed by atoms with Crippen molar-refractivity contribution in [3.05, 3.63) is 107 Å². The minimum atomic E-state index is -0.0483. The zero-order valence-electron chi connectivity index (χ0n) is 14.8. The predicted octanol–water partition coefficient (Wildman–Crippen LogP) is 4.73. The molecule has 1 amide bonds. The molecule has 130 valence electrons. The maximum Gasteiger partial charge on any atom is 0.254 e. The number of rotatable bonds is 6. The van der Waals surface area contributed by atoms with E-state index in [9.17, 15) is 9.59 Å². The van der Waals surface area contributed by atoms with Gasteiger partial charge in [-0.3, -0.25) is 9.59 Å². The Kier molecular flexibility index (Phi) is 5.59. The lowest BCUT2D eigenvalue weighted by atomic mass is 10.1. The summed E-state index contributed by atoms with van der Waals surface area (Å²) in [6.45, 7) is 2.58. The second-order valence-corrected chi connectivity index (χ2v) is 6.27. The zero-order chi connectivity index (χ0) is 18.4. The van der Waals surface area contributed by atoms with Crippen molar-refractivity contribution >= 4 is 11.7 Å². The van der Waals surface area contributed by atoms with Gasteiger partial charge in [-0.15, -0.1) is 0 Å². The van der Waals surface area contributed by atoms with Crippen molar-refractivity contribution in [3.8, 4) is 0 Å². The molecule has 3 nitrogen and oxygen atoms in total. The number of benzene rings is 3. The van der Waals surface area contributed by atoms with E-state index in [-0.39, 0.29) is 11.7 Å². The van der Waals surface area contributed by atoms with Gasteiger partial charge in [0.15, 0.2) is 5.78 Å². The molecule has 0 aliphatic heterocycles. The molecule has 0 saturated carbocycles. The van der Waals surface area contributed by atoms with E-state index >= 15 is 0 Å². The van der Waals surface area contributed by atoms with E-state index < -0.39 is 0 Å². The zero-order valence-corrected chi connectivity index (χ0v) is 14.8. The minimum Gasteiger partial charge on any atom is -0.330 e. The first kappa shape index (κ1) is 17.6.